The van der Waals surface area contributed by atoms with Crippen LogP contribution in [-0.4, -0.2) is 28.7 Å². The molecule has 0 aromatic heterocycles. The number of hydrogen-bond donors (Lipinski definition) is 3. The summed E-state index contributed by atoms with van der Waals surface area (Å²) in [5, 5.41) is 15.1. The molecule has 2 rings (SSSR count). The molecule has 2 fully saturated rings. The fourth-order valence-corrected chi connectivity index (χ4v) is 3.57. The van der Waals surface area contributed by atoms with E-state index in [9.17, 15) is 9.59 Å². The molecular formula is C15H26N2O3. The monoisotopic (exact) mass is 282 g/mol. The number of rotatable bonds is 4. The first-order valence-electron chi connectivity index (χ1n) is 7.86. The van der Waals surface area contributed by atoms with E-state index in [0.717, 1.165) is 32.1 Å². The highest BCUT2D eigenvalue weighted by atomic mass is 16.4. The van der Waals surface area contributed by atoms with Crippen molar-refractivity contribution in [1.82, 2.24) is 10.6 Å². The Bertz CT molecular complexity index is 356. The molecule has 2 aliphatic carbocycles. The summed E-state index contributed by atoms with van der Waals surface area (Å²) in [7, 11) is 0. The van der Waals surface area contributed by atoms with Gasteiger partial charge in [-0.25, -0.2) is 4.79 Å². The molecule has 3 N–H and O–H groups in total. The Morgan fingerprint density at radius 1 is 1.15 bits per heavy atom. The van der Waals surface area contributed by atoms with Crippen molar-refractivity contribution in [2.75, 3.05) is 0 Å². The number of carboxylic acids is 1. The van der Waals surface area contributed by atoms with E-state index in [1.54, 1.807) is 0 Å². The summed E-state index contributed by atoms with van der Waals surface area (Å²) in [6.07, 6.45) is 8.37. The van der Waals surface area contributed by atoms with Crippen molar-refractivity contribution in [3.05, 3.63) is 0 Å². The highest BCUT2D eigenvalue weighted by molar-refractivity contribution is 5.75. The Kier molecular flexibility index (Phi) is 4.89. The van der Waals surface area contributed by atoms with Gasteiger partial charge >= 0.3 is 12.0 Å². The van der Waals surface area contributed by atoms with Crippen LogP contribution in [0, 0.1) is 5.92 Å². The fraction of sp³-hybridized carbons (Fsp3) is 0.867. The average Bonchev–Trinajstić information content (AvgIpc) is 2.88. The van der Waals surface area contributed by atoms with Crippen molar-refractivity contribution < 1.29 is 14.7 Å². The van der Waals surface area contributed by atoms with Crippen LogP contribution in [0.25, 0.3) is 0 Å². The lowest BCUT2D eigenvalue weighted by Gasteiger charge is -2.32. The van der Waals surface area contributed by atoms with Crippen LogP contribution in [0.1, 0.15) is 64.7 Å². The second kappa shape index (κ2) is 6.46. The molecule has 0 aromatic carbocycles. The third-order valence-corrected chi connectivity index (χ3v) is 5.03. The zero-order valence-electron chi connectivity index (χ0n) is 12.3. The lowest BCUT2D eigenvalue weighted by molar-refractivity contribution is -0.142. The zero-order chi connectivity index (χ0) is 14.6. The smallest absolute Gasteiger partial charge is 0.315 e. The summed E-state index contributed by atoms with van der Waals surface area (Å²) < 4.78 is 0. The summed E-state index contributed by atoms with van der Waals surface area (Å²) >= 11 is 0. The maximum absolute atomic E-state index is 12.1. The number of carboxylic acid groups (broad SMARTS) is 1. The van der Waals surface area contributed by atoms with Crippen LogP contribution in [0.2, 0.25) is 0 Å². The first kappa shape index (κ1) is 15.1. The van der Waals surface area contributed by atoms with Gasteiger partial charge in [-0.2, -0.15) is 0 Å². The maximum atomic E-state index is 12.1. The van der Waals surface area contributed by atoms with E-state index in [1.165, 1.54) is 12.8 Å². The van der Waals surface area contributed by atoms with Crippen molar-refractivity contribution in [3.63, 3.8) is 0 Å². The predicted molar refractivity (Wildman–Crippen MR) is 76.5 cm³/mol. The molecule has 0 heterocycles. The number of urea groups is 1. The van der Waals surface area contributed by atoms with Crippen LogP contribution in [0.3, 0.4) is 0 Å². The number of nitrogens with one attached hydrogen (secondary N) is 2. The molecule has 2 amide bonds. The molecule has 0 radical (unpaired) electrons. The van der Waals surface area contributed by atoms with Crippen LogP contribution in [0.15, 0.2) is 0 Å². The van der Waals surface area contributed by atoms with Gasteiger partial charge in [0, 0.05) is 11.6 Å². The molecule has 0 aromatic rings. The summed E-state index contributed by atoms with van der Waals surface area (Å²) in [4.78, 5) is 23.0. The van der Waals surface area contributed by atoms with E-state index in [1.807, 2.05) is 0 Å². The SMILES string of the molecule is CCC1(NC(=O)NC2CCC(C(=O)O)CC2)CCCC1. The summed E-state index contributed by atoms with van der Waals surface area (Å²) in [5.74, 6) is -0.934. The molecule has 114 valence electrons. The van der Waals surface area contributed by atoms with Crippen molar-refractivity contribution in [2.24, 2.45) is 5.92 Å². The minimum Gasteiger partial charge on any atom is -0.481 e. The van der Waals surface area contributed by atoms with E-state index in [4.69, 9.17) is 5.11 Å². The van der Waals surface area contributed by atoms with E-state index < -0.39 is 5.97 Å². The van der Waals surface area contributed by atoms with Crippen molar-refractivity contribution in [1.29, 1.82) is 0 Å². The minimum absolute atomic E-state index is 0.0116. The van der Waals surface area contributed by atoms with E-state index in [2.05, 4.69) is 17.6 Å². The largest absolute Gasteiger partial charge is 0.481 e. The van der Waals surface area contributed by atoms with E-state index >= 15 is 0 Å². The lowest BCUT2D eigenvalue weighted by atomic mass is 9.86. The third kappa shape index (κ3) is 3.64. The molecule has 2 saturated carbocycles. The quantitative estimate of drug-likeness (QED) is 0.741. The Hall–Kier alpha value is -1.26. The summed E-state index contributed by atoms with van der Waals surface area (Å²) in [5.41, 5.74) is -0.0116. The van der Waals surface area contributed by atoms with Crippen molar-refractivity contribution >= 4 is 12.0 Å². The standard InChI is InChI=1S/C15H26N2O3/c1-2-15(9-3-4-10-15)17-14(20)16-12-7-5-11(6-8-12)13(18)19/h11-12H,2-10H2,1H3,(H,18,19)(H2,16,17,20). The van der Waals surface area contributed by atoms with Crippen LogP contribution < -0.4 is 10.6 Å². The summed E-state index contributed by atoms with van der Waals surface area (Å²) in [6, 6.07) is 0.0495. The molecule has 0 atom stereocenters. The first-order chi connectivity index (χ1) is 9.54. The highest BCUT2D eigenvalue weighted by Crippen LogP contribution is 2.32. The maximum Gasteiger partial charge on any atom is 0.315 e. The highest BCUT2D eigenvalue weighted by Gasteiger charge is 2.34. The predicted octanol–water partition coefficient (Wildman–Crippen LogP) is 2.65. The third-order valence-electron chi connectivity index (χ3n) is 5.03. The van der Waals surface area contributed by atoms with E-state index in [0.29, 0.717) is 12.8 Å². The molecular weight excluding hydrogens is 256 g/mol. The lowest BCUT2D eigenvalue weighted by Crippen LogP contribution is -2.53. The number of carbonyl (C=O) groups is 2. The number of hydrogen-bond acceptors (Lipinski definition) is 2. The second-order valence-corrected chi connectivity index (χ2v) is 6.33. The normalized spacial score (nSPS) is 28.9. The zero-order valence-corrected chi connectivity index (χ0v) is 12.3. The molecule has 2 aliphatic rings. The Balaban J connectivity index is 1.76. The Labute approximate surface area is 120 Å². The van der Waals surface area contributed by atoms with Gasteiger partial charge in [-0.1, -0.05) is 19.8 Å². The molecule has 20 heavy (non-hydrogen) atoms. The molecule has 0 spiro atoms. The topological polar surface area (TPSA) is 78.4 Å². The van der Waals surface area contributed by atoms with E-state index in [-0.39, 0.29) is 23.5 Å². The molecule has 0 saturated heterocycles. The Morgan fingerprint density at radius 3 is 2.25 bits per heavy atom. The van der Waals surface area contributed by atoms with Gasteiger partial charge in [0.05, 0.1) is 5.92 Å². The van der Waals surface area contributed by atoms with Crippen LogP contribution in [-0.2, 0) is 4.79 Å². The van der Waals surface area contributed by atoms with Crippen molar-refractivity contribution in [3.8, 4) is 0 Å². The number of aliphatic carboxylic acids is 1. The molecule has 0 unspecified atom stereocenters. The Morgan fingerprint density at radius 2 is 1.75 bits per heavy atom. The molecule has 5 nitrogen and oxygen atoms in total. The van der Waals surface area contributed by atoms with Gasteiger partial charge in [0.25, 0.3) is 0 Å². The summed E-state index contributed by atoms with van der Waals surface area (Å²) in [6.45, 7) is 2.13. The first-order valence-corrected chi connectivity index (χ1v) is 7.86. The van der Waals surface area contributed by atoms with Gasteiger partial charge in [0.1, 0.15) is 0 Å². The fourth-order valence-electron chi connectivity index (χ4n) is 3.57. The molecule has 5 heteroatoms. The van der Waals surface area contributed by atoms with Gasteiger partial charge in [-0.15, -0.1) is 0 Å². The van der Waals surface area contributed by atoms with Crippen LogP contribution in [0.4, 0.5) is 4.79 Å². The van der Waals surface area contributed by atoms with Crippen LogP contribution in [0.5, 0.6) is 0 Å². The van der Waals surface area contributed by atoms with Gasteiger partial charge < -0.3 is 15.7 Å². The van der Waals surface area contributed by atoms with Gasteiger partial charge in [-0.3, -0.25) is 4.79 Å². The second-order valence-electron chi connectivity index (χ2n) is 6.33. The number of amides is 2. The van der Waals surface area contributed by atoms with Gasteiger partial charge in [-0.05, 0) is 44.9 Å². The molecule has 0 bridgehead atoms. The number of carbonyl (C=O) groups excluding carboxylic acids is 1. The minimum atomic E-state index is -0.705. The van der Waals surface area contributed by atoms with Crippen molar-refractivity contribution in [2.45, 2.75) is 76.3 Å². The van der Waals surface area contributed by atoms with Crippen LogP contribution >= 0.6 is 0 Å². The van der Waals surface area contributed by atoms with Gasteiger partial charge in [0.2, 0.25) is 0 Å². The molecule has 0 aliphatic heterocycles. The average molecular weight is 282 g/mol. The van der Waals surface area contributed by atoms with Gasteiger partial charge in [0.15, 0.2) is 0 Å².